The molecule has 0 aliphatic heterocycles. The highest BCUT2D eigenvalue weighted by Gasteiger charge is 2.26. The first-order valence-corrected chi connectivity index (χ1v) is 10.4. The molecule has 23 heavy (non-hydrogen) atoms. The highest BCUT2D eigenvalue weighted by Crippen LogP contribution is 2.23. The number of nitrogens with one attached hydrogen (secondary N) is 2. The van der Waals surface area contributed by atoms with Gasteiger partial charge in [-0.05, 0) is 32.1 Å². The molecule has 0 aromatic carbocycles. The van der Waals surface area contributed by atoms with Crippen LogP contribution in [0, 0.1) is 5.92 Å². The Morgan fingerprint density at radius 2 is 1.91 bits per heavy atom. The van der Waals surface area contributed by atoms with Crippen molar-refractivity contribution in [2.45, 2.75) is 77.5 Å². The van der Waals surface area contributed by atoms with Crippen molar-refractivity contribution in [1.82, 2.24) is 10.6 Å². The van der Waals surface area contributed by atoms with Crippen molar-refractivity contribution in [2.75, 3.05) is 18.8 Å². The molecule has 138 valence electrons. The molecule has 0 saturated heterocycles. The lowest BCUT2D eigenvalue weighted by molar-refractivity contribution is 0.412. The second-order valence-corrected chi connectivity index (χ2v) is 8.21. The predicted octanol–water partition coefficient (Wildman–Crippen LogP) is 3.68. The van der Waals surface area contributed by atoms with Crippen molar-refractivity contribution in [3.05, 3.63) is 0 Å². The molecular formula is C17H36IN3OS. The van der Waals surface area contributed by atoms with Gasteiger partial charge in [-0.3, -0.25) is 9.20 Å². The number of halogens is 1. The molecule has 3 unspecified atom stereocenters. The summed E-state index contributed by atoms with van der Waals surface area (Å²) in [6.45, 7) is 10.4. The molecule has 1 aliphatic carbocycles. The maximum atomic E-state index is 12.1. The van der Waals surface area contributed by atoms with Gasteiger partial charge in [0.1, 0.15) is 0 Å². The summed E-state index contributed by atoms with van der Waals surface area (Å²) in [5, 5.41) is 7.29. The van der Waals surface area contributed by atoms with Crippen LogP contribution in [-0.2, 0) is 10.8 Å². The fourth-order valence-corrected chi connectivity index (χ4v) is 4.38. The van der Waals surface area contributed by atoms with Gasteiger partial charge < -0.3 is 10.6 Å². The van der Waals surface area contributed by atoms with E-state index in [1.165, 1.54) is 19.3 Å². The van der Waals surface area contributed by atoms with E-state index in [2.05, 4.69) is 31.4 Å². The lowest BCUT2D eigenvalue weighted by Gasteiger charge is -2.30. The van der Waals surface area contributed by atoms with Gasteiger partial charge in [0.15, 0.2) is 5.96 Å². The zero-order valence-electron chi connectivity index (χ0n) is 15.3. The Labute approximate surface area is 162 Å². The Morgan fingerprint density at radius 3 is 2.48 bits per heavy atom. The zero-order chi connectivity index (χ0) is 16.4. The third-order valence-electron chi connectivity index (χ3n) is 4.63. The van der Waals surface area contributed by atoms with Crippen LogP contribution in [0.2, 0.25) is 0 Å². The van der Waals surface area contributed by atoms with Crippen molar-refractivity contribution in [3.8, 4) is 0 Å². The van der Waals surface area contributed by atoms with Gasteiger partial charge in [0.25, 0.3) is 0 Å². The summed E-state index contributed by atoms with van der Waals surface area (Å²) in [5.41, 5.74) is 0. The molecule has 0 amide bonds. The monoisotopic (exact) mass is 457 g/mol. The summed E-state index contributed by atoms with van der Waals surface area (Å²) in [7, 11) is -0.667. The summed E-state index contributed by atoms with van der Waals surface area (Å²) in [6, 6.07) is 0.411. The van der Waals surface area contributed by atoms with E-state index in [0.29, 0.717) is 17.2 Å². The highest BCUT2D eigenvalue weighted by atomic mass is 127. The summed E-state index contributed by atoms with van der Waals surface area (Å²) < 4.78 is 12.1. The van der Waals surface area contributed by atoms with Crippen molar-refractivity contribution in [1.29, 1.82) is 0 Å². The van der Waals surface area contributed by atoms with Crippen molar-refractivity contribution in [2.24, 2.45) is 10.9 Å². The molecule has 1 aliphatic rings. The Balaban J connectivity index is 0.00000484. The molecule has 1 fully saturated rings. The van der Waals surface area contributed by atoms with Crippen LogP contribution in [0.3, 0.4) is 0 Å². The summed E-state index contributed by atoms with van der Waals surface area (Å²) in [4.78, 5) is 4.76. The number of rotatable bonds is 8. The fourth-order valence-electron chi connectivity index (χ4n) is 3.03. The first kappa shape index (κ1) is 23.1. The second kappa shape index (κ2) is 13.4. The first-order chi connectivity index (χ1) is 10.6. The Hall–Kier alpha value is 0.150. The first-order valence-electron chi connectivity index (χ1n) is 9.06. The van der Waals surface area contributed by atoms with Gasteiger partial charge in [-0.25, -0.2) is 0 Å². The number of aliphatic imine (C=N–C) groups is 1. The minimum Gasteiger partial charge on any atom is -0.357 e. The van der Waals surface area contributed by atoms with Crippen LogP contribution < -0.4 is 10.6 Å². The smallest absolute Gasteiger partial charge is 0.191 e. The minimum absolute atomic E-state index is 0. The maximum Gasteiger partial charge on any atom is 0.191 e. The van der Waals surface area contributed by atoms with Crippen LogP contribution in [0.25, 0.3) is 0 Å². The van der Waals surface area contributed by atoms with Crippen LogP contribution in [0.4, 0.5) is 0 Å². The van der Waals surface area contributed by atoms with E-state index in [1.54, 1.807) is 0 Å². The topological polar surface area (TPSA) is 53.5 Å². The van der Waals surface area contributed by atoms with Crippen molar-refractivity contribution in [3.63, 3.8) is 0 Å². The van der Waals surface area contributed by atoms with Crippen LogP contribution in [-0.4, -0.2) is 40.3 Å². The fraction of sp³-hybridized carbons (Fsp3) is 0.941. The largest absolute Gasteiger partial charge is 0.357 e. The molecule has 6 heteroatoms. The number of guanidine groups is 1. The molecule has 3 atom stereocenters. The van der Waals surface area contributed by atoms with Crippen LogP contribution in [0.5, 0.6) is 0 Å². The normalized spacial score (nSPS) is 23.3. The quantitative estimate of drug-likeness (QED) is 0.332. The lowest BCUT2D eigenvalue weighted by atomic mass is 9.95. The molecule has 1 rings (SSSR count). The van der Waals surface area contributed by atoms with Gasteiger partial charge in [0.05, 0.1) is 0 Å². The van der Waals surface area contributed by atoms with E-state index in [1.807, 2.05) is 6.92 Å². The van der Waals surface area contributed by atoms with E-state index in [9.17, 15) is 4.21 Å². The second-order valence-electron chi connectivity index (χ2n) is 6.20. The predicted molar refractivity (Wildman–Crippen MR) is 113 cm³/mol. The molecule has 0 aromatic heterocycles. The van der Waals surface area contributed by atoms with Crippen molar-refractivity contribution < 1.29 is 4.21 Å². The number of nitrogens with zero attached hydrogens (tertiary/aromatic N) is 1. The average Bonchev–Trinajstić information content (AvgIpc) is 2.55. The summed E-state index contributed by atoms with van der Waals surface area (Å²) in [5.74, 6) is 2.38. The Morgan fingerprint density at radius 1 is 1.22 bits per heavy atom. The zero-order valence-corrected chi connectivity index (χ0v) is 18.4. The summed E-state index contributed by atoms with van der Waals surface area (Å²) in [6.07, 6.45) is 6.81. The Kier molecular flexibility index (Phi) is 13.5. The van der Waals surface area contributed by atoms with Crippen LogP contribution in [0.15, 0.2) is 4.99 Å². The van der Waals surface area contributed by atoms with Gasteiger partial charge in [0, 0.05) is 40.9 Å². The van der Waals surface area contributed by atoms with E-state index in [4.69, 9.17) is 4.99 Å². The third kappa shape index (κ3) is 8.70. The Bertz CT molecular complexity index is 362. The average molecular weight is 457 g/mol. The molecule has 4 nitrogen and oxygen atoms in total. The molecule has 0 aromatic rings. The number of hydrogen-bond donors (Lipinski definition) is 2. The van der Waals surface area contributed by atoms with Gasteiger partial charge in [0.2, 0.25) is 0 Å². The van der Waals surface area contributed by atoms with Gasteiger partial charge in [-0.1, -0.05) is 40.0 Å². The maximum absolute atomic E-state index is 12.1. The summed E-state index contributed by atoms with van der Waals surface area (Å²) >= 11 is 0. The molecule has 0 heterocycles. The van der Waals surface area contributed by atoms with Gasteiger partial charge >= 0.3 is 0 Å². The van der Waals surface area contributed by atoms with Gasteiger partial charge in [-0.15, -0.1) is 24.0 Å². The van der Waals surface area contributed by atoms with Crippen LogP contribution >= 0.6 is 24.0 Å². The van der Waals surface area contributed by atoms with E-state index in [-0.39, 0.29) is 24.0 Å². The molecule has 2 N–H and O–H groups in total. The van der Waals surface area contributed by atoms with E-state index >= 15 is 0 Å². The molecule has 0 spiro atoms. The minimum atomic E-state index is -0.667. The van der Waals surface area contributed by atoms with E-state index < -0.39 is 10.8 Å². The number of hydrogen-bond acceptors (Lipinski definition) is 2. The van der Waals surface area contributed by atoms with E-state index in [0.717, 1.165) is 44.1 Å². The molecule has 0 bridgehead atoms. The third-order valence-corrected chi connectivity index (χ3v) is 6.37. The van der Waals surface area contributed by atoms with Crippen molar-refractivity contribution >= 4 is 40.7 Å². The highest BCUT2D eigenvalue weighted by molar-refractivity contribution is 14.0. The van der Waals surface area contributed by atoms with Gasteiger partial charge in [-0.2, -0.15) is 0 Å². The van der Waals surface area contributed by atoms with Crippen LogP contribution in [0.1, 0.15) is 66.2 Å². The molecule has 0 radical (unpaired) electrons. The standard InChI is InChI=1S/C17H35N3OS.HI/c1-5-14(6-2)13-19-17(18-7-3)20-15-10-9-11-16(12-15)22(21)8-4;/h14-16H,5-13H2,1-4H3,(H2,18,19,20);1H. The SMILES string of the molecule is CCNC(=NCC(CC)CC)NC1CCCC(S(=O)CC)C1.I. The lowest BCUT2D eigenvalue weighted by Crippen LogP contribution is -2.46. The molecule has 1 saturated carbocycles. The molecular weight excluding hydrogens is 421 g/mol.